The number of carbonyl (C=O) groups excluding carboxylic acids is 1. The first kappa shape index (κ1) is 15.9. The van der Waals surface area contributed by atoms with Crippen molar-refractivity contribution in [2.45, 2.75) is 52.3 Å². The van der Waals surface area contributed by atoms with E-state index in [1.807, 2.05) is 27.7 Å². The summed E-state index contributed by atoms with van der Waals surface area (Å²) in [5.41, 5.74) is -0.816. The Morgan fingerprint density at radius 3 is 2.63 bits per heavy atom. The van der Waals surface area contributed by atoms with Gasteiger partial charge in [-0.1, -0.05) is 13.8 Å². The number of amides is 1. The molecule has 0 aromatic carbocycles. The molecule has 3 atom stereocenters. The van der Waals surface area contributed by atoms with Gasteiger partial charge in [-0.3, -0.25) is 9.69 Å². The maximum absolute atomic E-state index is 12.3. The average molecular weight is 267 g/mol. The van der Waals surface area contributed by atoms with Gasteiger partial charge in [0.2, 0.25) is 5.91 Å². The van der Waals surface area contributed by atoms with Crippen molar-refractivity contribution >= 4 is 5.91 Å². The quantitative estimate of drug-likeness (QED) is 0.830. The maximum Gasteiger partial charge on any atom is 0.238 e. The summed E-state index contributed by atoms with van der Waals surface area (Å²) in [6, 6.07) is 1.96. The molecule has 108 valence electrons. The molecule has 0 aromatic rings. The van der Waals surface area contributed by atoms with E-state index in [0.717, 1.165) is 13.1 Å². The van der Waals surface area contributed by atoms with Crippen molar-refractivity contribution in [2.24, 2.45) is 5.92 Å². The fraction of sp³-hybridized carbons (Fsp3) is 0.857. The second-order valence-corrected chi connectivity index (χ2v) is 5.81. The second kappa shape index (κ2) is 6.36. The summed E-state index contributed by atoms with van der Waals surface area (Å²) in [6.45, 7) is 11.7. The fourth-order valence-electron chi connectivity index (χ4n) is 2.02. The van der Waals surface area contributed by atoms with Crippen LogP contribution < -0.4 is 5.32 Å². The van der Waals surface area contributed by atoms with Crippen molar-refractivity contribution < 1.29 is 9.53 Å². The SMILES string of the molecule is CC(C)[C@](C)(C#N)NC(=O)[C@@H](C)N1CCO[C@H](C)C1. The number of nitriles is 1. The lowest BCUT2D eigenvalue weighted by molar-refractivity contribution is -0.130. The van der Waals surface area contributed by atoms with Crippen LogP contribution in [0.3, 0.4) is 0 Å². The molecule has 1 aliphatic rings. The molecule has 1 saturated heterocycles. The predicted molar refractivity (Wildman–Crippen MR) is 73.4 cm³/mol. The van der Waals surface area contributed by atoms with Gasteiger partial charge in [0.05, 0.1) is 24.8 Å². The van der Waals surface area contributed by atoms with E-state index in [-0.39, 0.29) is 24.0 Å². The van der Waals surface area contributed by atoms with Gasteiger partial charge >= 0.3 is 0 Å². The molecule has 1 rings (SSSR count). The molecule has 1 fully saturated rings. The number of nitrogens with zero attached hydrogens (tertiary/aromatic N) is 2. The average Bonchev–Trinajstić information content (AvgIpc) is 2.37. The number of morpholine rings is 1. The molecular weight excluding hydrogens is 242 g/mol. The highest BCUT2D eigenvalue weighted by molar-refractivity contribution is 5.82. The Kier molecular flexibility index (Phi) is 5.33. The molecule has 1 aliphatic heterocycles. The lowest BCUT2D eigenvalue weighted by Crippen LogP contribution is -2.57. The molecule has 0 bridgehead atoms. The minimum absolute atomic E-state index is 0.0669. The van der Waals surface area contributed by atoms with Crippen molar-refractivity contribution in [1.82, 2.24) is 10.2 Å². The monoisotopic (exact) mass is 267 g/mol. The van der Waals surface area contributed by atoms with Crippen LogP contribution in [-0.2, 0) is 9.53 Å². The first-order valence-corrected chi connectivity index (χ1v) is 6.89. The molecule has 0 unspecified atom stereocenters. The minimum atomic E-state index is -0.816. The second-order valence-electron chi connectivity index (χ2n) is 5.81. The number of rotatable bonds is 4. The van der Waals surface area contributed by atoms with Gasteiger partial charge in [-0.15, -0.1) is 0 Å². The van der Waals surface area contributed by atoms with Crippen LogP contribution in [0.5, 0.6) is 0 Å². The minimum Gasteiger partial charge on any atom is -0.376 e. The van der Waals surface area contributed by atoms with Gasteiger partial charge in [-0.05, 0) is 26.7 Å². The fourth-order valence-corrected chi connectivity index (χ4v) is 2.02. The Hall–Kier alpha value is -1.12. The van der Waals surface area contributed by atoms with E-state index < -0.39 is 5.54 Å². The predicted octanol–water partition coefficient (Wildman–Crippen LogP) is 1.15. The van der Waals surface area contributed by atoms with Gasteiger partial charge in [0, 0.05) is 13.1 Å². The van der Waals surface area contributed by atoms with E-state index >= 15 is 0 Å². The van der Waals surface area contributed by atoms with Crippen LogP contribution in [0.4, 0.5) is 0 Å². The Morgan fingerprint density at radius 1 is 1.53 bits per heavy atom. The zero-order valence-electron chi connectivity index (χ0n) is 12.6. The number of ether oxygens (including phenoxy) is 1. The topological polar surface area (TPSA) is 65.4 Å². The number of nitrogens with one attached hydrogen (secondary N) is 1. The Morgan fingerprint density at radius 2 is 2.16 bits per heavy atom. The molecule has 0 radical (unpaired) electrons. The molecule has 19 heavy (non-hydrogen) atoms. The van der Waals surface area contributed by atoms with Crippen molar-refractivity contribution in [3.63, 3.8) is 0 Å². The largest absolute Gasteiger partial charge is 0.376 e. The third-order valence-electron chi connectivity index (χ3n) is 3.97. The zero-order chi connectivity index (χ0) is 14.6. The normalized spacial score (nSPS) is 25.4. The number of carbonyl (C=O) groups is 1. The molecule has 1 N–H and O–H groups in total. The van der Waals surface area contributed by atoms with Gasteiger partial charge < -0.3 is 10.1 Å². The number of hydrogen-bond donors (Lipinski definition) is 1. The van der Waals surface area contributed by atoms with E-state index in [2.05, 4.69) is 16.3 Å². The van der Waals surface area contributed by atoms with Gasteiger partial charge in [0.15, 0.2) is 0 Å². The highest BCUT2D eigenvalue weighted by atomic mass is 16.5. The van der Waals surface area contributed by atoms with Crippen molar-refractivity contribution in [3.05, 3.63) is 0 Å². The standard InChI is InChI=1S/C14H25N3O2/c1-10(2)14(5,9-15)16-13(18)12(4)17-6-7-19-11(3)8-17/h10-12H,6-8H2,1-5H3,(H,16,18)/t11-,12-,14+/m1/s1. The Bertz CT molecular complexity index is 364. The summed E-state index contributed by atoms with van der Waals surface area (Å²) in [5.74, 6) is -0.0240. The molecular formula is C14H25N3O2. The summed E-state index contributed by atoms with van der Waals surface area (Å²) in [7, 11) is 0. The molecule has 0 aromatic heterocycles. The molecule has 0 spiro atoms. The highest BCUT2D eigenvalue weighted by Crippen LogP contribution is 2.16. The zero-order valence-corrected chi connectivity index (χ0v) is 12.6. The van der Waals surface area contributed by atoms with Gasteiger partial charge in [0.1, 0.15) is 5.54 Å². The Labute approximate surface area is 115 Å². The number of hydrogen-bond acceptors (Lipinski definition) is 4. The molecule has 5 heteroatoms. The van der Waals surface area contributed by atoms with E-state index in [4.69, 9.17) is 4.74 Å². The summed E-state index contributed by atoms with van der Waals surface area (Å²) >= 11 is 0. The first-order chi connectivity index (χ1) is 8.80. The summed E-state index contributed by atoms with van der Waals surface area (Å²) in [6.07, 6.45) is 0.149. The van der Waals surface area contributed by atoms with Crippen LogP contribution in [0, 0.1) is 17.2 Å². The van der Waals surface area contributed by atoms with Crippen LogP contribution in [0.15, 0.2) is 0 Å². The lowest BCUT2D eigenvalue weighted by atomic mass is 9.89. The van der Waals surface area contributed by atoms with Crippen LogP contribution in [0.25, 0.3) is 0 Å². The molecule has 1 amide bonds. The molecule has 5 nitrogen and oxygen atoms in total. The first-order valence-electron chi connectivity index (χ1n) is 6.89. The Balaban J connectivity index is 2.65. The van der Waals surface area contributed by atoms with Crippen molar-refractivity contribution in [3.8, 4) is 6.07 Å². The highest BCUT2D eigenvalue weighted by Gasteiger charge is 2.34. The van der Waals surface area contributed by atoms with Crippen LogP contribution in [-0.4, -0.2) is 48.2 Å². The molecule has 0 saturated carbocycles. The smallest absolute Gasteiger partial charge is 0.238 e. The lowest BCUT2D eigenvalue weighted by Gasteiger charge is -2.36. The third-order valence-corrected chi connectivity index (χ3v) is 3.97. The molecule has 1 heterocycles. The summed E-state index contributed by atoms with van der Waals surface area (Å²) in [4.78, 5) is 14.4. The summed E-state index contributed by atoms with van der Waals surface area (Å²) in [5, 5.41) is 12.1. The van der Waals surface area contributed by atoms with Crippen molar-refractivity contribution in [1.29, 1.82) is 5.26 Å². The van der Waals surface area contributed by atoms with E-state index in [1.165, 1.54) is 0 Å². The van der Waals surface area contributed by atoms with E-state index in [1.54, 1.807) is 6.92 Å². The van der Waals surface area contributed by atoms with Gasteiger partial charge in [-0.25, -0.2) is 0 Å². The van der Waals surface area contributed by atoms with Crippen LogP contribution >= 0.6 is 0 Å². The van der Waals surface area contributed by atoms with Gasteiger partial charge in [-0.2, -0.15) is 5.26 Å². The summed E-state index contributed by atoms with van der Waals surface area (Å²) < 4.78 is 5.47. The van der Waals surface area contributed by atoms with Crippen molar-refractivity contribution in [2.75, 3.05) is 19.7 Å². The van der Waals surface area contributed by atoms with E-state index in [9.17, 15) is 10.1 Å². The third kappa shape index (κ3) is 3.92. The van der Waals surface area contributed by atoms with Crippen LogP contribution in [0.2, 0.25) is 0 Å². The van der Waals surface area contributed by atoms with E-state index in [0.29, 0.717) is 6.61 Å². The van der Waals surface area contributed by atoms with Crippen LogP contribution in [0.1, 0.15) is 34.6 Å². The van der Waals surface area contributed by atoms with Gasteiger partial charge in [0.25, 0.3) is 0 Å². The molecule has 0 aliphatic carbocycles. The maximum atomic E-state index is 12.3.